The van der Waals surface area contributed by atoms with E-state index >= 15 is 0 Å². The summed E-state index contributed by atoms with van der Waals surface area (Å²) in [5.74, 6) is 7.78. The van der Waals surface area contributed by atoms with E-state index in [1.165, 1.54) is 5.01 Å². The van der Waals surface area contributed by atoms with Crippen molar-refractivity contribution in [2.24, 2.45) is 23.4 Å². The van der Waals surface area contributed by atoms with E-state index in [9.17, 15) is 8.42 Å². The van der Waals surface area contributed by atoms with Crippen LogP contribution < -0.4 is 16.5 Å². The standard InChI is InChI=1S/C26H37N7O3S/c1-17-14-32(8-11-37(34,35)16-17)23-5-4-21-24-22(12-20(13-29-24)25(18(2)27)31(3)28)33(26(21)30-23)15-19-6-9-36-10-7-19/h4-5,12-13,17,19H,6-11,14-16,27-28H2,1-3H3/b25-18-. The number of rotatable bonds is 5. The molecule has 200 valence electrons. The van der Waals surface area contributed by atoms with E-state index in [1.54, 1.807) is 7.05 Å². The summed E-state index contributed by atoms with van der Waals surface area (Å²) in [4.78, 5) is 12.1. The molecule has 10 nitrogen and oxygen atoms in total. The van der Waals surface area contributed by atoms with Crippen molar-refractivity contribution in [1.82, 2.24) is 19.5 Å². The van der Waals surface area contributed by atoms with Gasteiger partial charge in [0.1, 0.15) is 11.5 Å². The molecule has 3 aromatic heterocycles. The van der Waals surface area contributed by atoms with Crippen molar-refractivity contribution >= 4 is 43.4 Å². The minimum absolute atomic E-state index is 0.0419. The number of allylic oxidation sites excluding steroid dienone is 1. The second kappa shape index (κ2) is 10.1. The molecule has 11 heteroatoms. The molecule has 0 aromatic carbocycles. The van der Waals surface area contributed by atoms with E-state index in [-0.39, 0.29) is 17.4 Å². The van der Waals surface area contributed by atoms with Crippen LogP contribution >= 0.6 is 0 Å². The van der Waals surface area contributed by atoms with Crippen LogP contribution in [0.2, 0.25) is 0 Å². The largest absolute Gasteiger partial charge is 0.401 e. The van der Waals surface area contributed by atoms with Gasteiger partial charge in [0.05, 0.1) is 28.2 Å². The van der Waals surface area contributed by atoms with Crippen LogP contribution in [0, 0.1) is 11.8 Å². The van der Waals surface area contributed by atoms with E-state index in [2.05, 4.69) is 21.6 Å². The first-order valence-electron chi connectivity index (χ1n) is 12.9. The summed E-state index contributed by atoms with van der Waals surface area (Å²) in [6.45, 7) is 7.25. The predicted octanol–water partition coefficient (Wildman–Crippen LogP) is 2.33. The number of aromatic nitrogens is 3. The third-order valence-corrected chi connectivity index (χ3v) is 9.26. The van der Waals surface area contributed by atoms with Crippen LogP contribution in [0.4, 0.5) is 5.82 Å². The summed E-state index contributed by atoms with van der Waals surface area (Å²) >= 11 is 0. The molecule has 2 aliphatic rings. The maximum Gasteiger partial charge on any atom is 0.152 e. The molecule has 4 N–H and O–H groups in total. The number of fused-ring (bicyclic) bond motifs is 3. The molecule has 2 fully saturated rings. The number of ether oxygens (including phenoxy) is 1. The maximum atomic E-state index is 12.4. The number of sulfone groups is 1. The summed E-state index contributed by atoms with van der Waals surface area (Å²) in [7, 11) is -1.28. The van der Waals surface area contributed by atoms with E-state index < -0.39 is 9.84 Å². The van der Waals surface area contributed by atoms with Crippen molar-refractivity contribution in [3.63, 3.8) is 0 Å². The Labute approximate surface area is 218 Å². The van der Waals surface area contributed by atoms with Crippen molar-refractivity contribution in [2.75, 3.05) is 49.8 Å². The summed E-state index contributed by atoms with van der Waals surface area (Å²) in [6.07, 6.45) is 3.80. The first-order valence-corrected chi connectivity index (χ1v) is 14.7. The second-order valence-corrected chi connectivity index (χ2v) is 12.8. The summed E-state index contributed by atoms with van der Waals surface area (Å²) < 4.78 is 32.6. The second-order valence-electron chi connectivity index (χ2n) is 10.6. The Morgan fingerprint density at radius 3 is 2.73 bits per heavy atom. The Morgan fingerprint density at radius 2 is 2.03 bits per heavy atom. The zero-order chi connectivity index (χ0) is 26.3. The fraction of sp³-hybridized carbons (Fsp3) is 0.538. The molecule has 3 aromatic rings. The molecule has 0 radical (unpaired) electrons. The fourth-order valence-electron chi connectivity index (χ4n) is 5.69. The van der Waals surface area contributed by atoms with Crippen molar-refractivity contribution in [3.8, 4) is 0 Å². The molecule has 0 bridgehead atoms. The molecule has 0 aliphatic carbocycles. The SMILES string of the molecule is C/C(N)=C(\c1cnc2c3ccc(N4CCS(=O)(=O)CC(C)C4)nc3n(CC3CCOCC3)c2c1)N(C)N. The number of hydrogen-bond acceptors (Lipinski definition) is 9. The van der Waals surface area contributed by atoms with Crippen molar-refractivity contribution in [3.05, 3.63) is 35.7 Å². The van der Waals surface area contributed by atoms with Gasteiger partial charge in [-0.05, 0) is 49.8 Å². The Balaban J connectivity index is 1.65. The number of pyridine rings is 2. The summed E-state index contributed by atoms with van der Waals surface area (Å²) in [5, 5.41) is 2.50. The number of nitrogens with zero attached hydrogens (tertiary/aromatic N) is 5. The highest BCUT2D eigenvalue weighted by atomic mass is 32.2. The van der Waals surface area contributed by atoms with Gasteiger partial charge in [0, 0.05) is 62.7 Å². The van der Waals surface area contributed by atoms with Gasteiger partial charge in [-0.3, -0.25) is 4.98 Å². The van der Waals surface area contributed by atoms with Gasteiger partial charge in [-0.15, -0.1) is 0 Å². The zero-order valence-corrected chi connectivity index (χ0v) is 22.7. The van der Waals surface area contributed by atoms with E-state index in [1.807, 2.05) is 26.1 Å². The molecule has 5 rings (SSSR count). The van der Waals surface area contributed by atoms with E-state index in [0.717, 1.165) is 71.7 Å². The Bertz CT molecular complexity index is 1440. The highest BCUT2D eigenvalue weighted by Gasteiger charge is 2.26. The predicted molar refractivity (Wildman–Crippen MR) is 147 cm³/mol. The molecule has 0 spiro atoms. The fourth-order valence-corrected chi connectivity index (χ4v) is 7.33. The lowest BCUT2D eigenvalue weighted by atomic mass is 10.0. The van der Waals surface area contributed by atoms with Gasteiger partial charge in [-0.2, -0.15) is 0 Å². The first-order chi connectivity index (χ1) is 17.6. The van der Waals surface area contributed by atoms with E-state index in [0.29, 0.717) is 24.7 Å². The van der Waals surface area contributed by atoms with Gasteiger partial charge in [0.15, 0.2) is 9.84 Å². The molecule has 2 saturated heterocycles. The topological polar surface area (TPSA) is 133 Å². The number of hydrogen-bond donors (Lipinski definition) is 2. The lowest BCUT2D eigenvalue weighted by molar-refractivity contribution is 0.0619. The third kappa shape index (κ3) is 5.25. The summed E-state index contributed by atoms with van der Waals surface area (Å²) in [5.41, 5.74) is 11.1. The average Bonchev–Trinajstić information content (AvgIpc) is 3.05. The first kappa shape index (κ1) is 25.7. The molecular weight excluding hydrogens is 490 g/mol. The van der Waals surface area contributed by atoms with E-state index in [4.69, 9.17) is 26.3 Å². The van der Waals surface area contributed by atoms with Crippen LogP contribution in [0.1, 0.15) is 32.3 Å². The van der Waals surface area contributed by atoms with Gasteiger partial charge in [-0.1, -0.05) is 6.92 Å². The molecule has 1 unspecified atom stereocenters. The van der Waals surface area contributed by atoms with Crippen molar-refractivity contribution in [1.29, 1.82) is 0 Å². The van der Waals surface area contributed by atoms with Crippen molar-refractivity contribution < 1.29 is 13.2 Å². The van der Waals surface area contributed by atoms with Gasteiger partial charge in [-0.25, -0.2) is 19.2 Å². The molecule has 0 saturated carbocycles. The number of nitrogens with two attached hydrogens (primary N) is 2. The monoisotopic (exact) mass is 527 g/mol. The van der Waals surface area contributed by atoms with Gasteiger partial charge in [0.2, 0.25) is 0 Å². The Hall–Kier alpha value is -2.89. The average molecular weight is 528 g/mol. The lowest BCUT2D eigenvalue weighted by Crippen LogP contribution is -2.29. The van der Waals surface area contributed by atoms with Gasteiger partial charge < -0.3 is 24.9 Å². The highest BCUT2D eigenvalue weighted by molar-refractivity contribution is 7.91. The van der Waals surface area contributed by atoms with Crippen LogP contribution in [0.15, 0.2) is 30.1 Å². The minimum atomic E-state index is -3.05. The normalized spacial score (nSPS) is 21.7. The molecule has 2 aliphatic heterocycles. The quantitative estimate of drug-likeness (QED) is 0.379. The van der Waals surface area contributed by atoms with Crippen LogP contribution in [0.5, 0.6) is 0 Å². The molecule has 5 heterocycles. The van der Waals surface area contributed by atoms with Crippen LogP contribution in [-0.4, -0.2) is 72.8 Å². The third-order valence-electron chi connectivity index (χ3n) is 7.38. The Kier molecular flexibility index (Phi) is 7.03. The summed E-state index contributed by atoms with van der Waals surface area (Å²) in [6, 6.07) is 6.15. The number of hydrazine groups is 1. The smallest absolute Gasteiger partial charge is 0.152 e. The highest BCUT2D eigenvalue weighted by Crippen LogP contribution is 2.33. The van der Waals surface area contributed by atoms with Gasteiger partial charge in [0.25, 0.3) is 0 Å². The van der Waals surface area contributed by atoms with Crippen LogP contribution in [0.3, 0.4) is 0 Å². The molecule has 0 amide bonds. The molecular formula is C26H37N7O3S. The maximum absolute atomic E-state index is 12.4. The van der Waals surface area contributed by atoms with Crippen LogP contribution in [0.25, 0.3) is 27.8 Å². The Morgan fingerprint density at radius 1 is 1.27 bits per heavy atom. The van der Waals surface area contributed by atoms with Crippen LogP contribution in [-0.2, 0) is 21.1 Å². The number of anilines is 1. The zero-order valence-electron chi connectivity index (χ0n) is 21.9. The minimum Gasteiger partial charge on any atom is -0.401 e. The molecule has 37 heavy (non-hydrogen) atoms. The van der Waals surface area contributed by atoms with Crippen molar-refractivity contribution in [2.45, 2.75) is 33.2 Å². The lowest BCUT2D eigenvalue weighted by Gasteiger charge is -2.25. The van der Waals surface area contributed by atoms with Gasteiger partial charge >= 0.3 is 0 Å². The molecule has 1 atom stereocenters.